The minimum Gasteiger partial charge on any atom is -0.323 e. The van der Waals surface area contributed by atoms with Gasteiger partial charge < -0.3 is 5.43 Å². The molecule has 7 nitrogen and oxygen atoms in total. The number of nitrogens with two attached hydrogens (primary N) is 1. The van der Waals surface area contributed by atoms with Crippen LogP contribution in [0.4, 0.5) is 11.5 Å². The standard InChI is InChI=1S/C11H12BrN5O2S/c1-7-8(12)2-3-11(15-7)17-20(18,19)10-6-14-5-4-9(10)16-13/h2-6H,13H2,1H3,(H,14,16)(H,15,17). The van der Waals surface area contributed by atoms with Gasteiger partial charge in [-0.3, -0.25) is 15.5 Å². The summed E-state index contributed by atoms with van der Waals surface area (Å²) in [5.41, 5.74) is 3.25. The largest absolute Gasteiger partial charge is 0.323 e. The van der Waals surface area contributed by atoms with Crippen LogP contribution in [0.2, 0.25) is 0 Å². The molecule has 2 aromatic heterocycles. The van der Waals surface area contributed by atoms with Crippen molar-refractivity contribution in [3.63, 3.8) is 0 Å². The van der Waals surface area contributed by atoms with Crippen LogP contribution in [0, 0.1) is 6.92 Å². The summed E-state index contributed by atoms with van der Waals surface area (Å²) in [6.45, 7) is 1.76. The highest BCUT2D eigenvalue weighted by atomic mass is 79.9. The predicted molar refractivity (Wildman–Crippen MR) is 79.5 cm³/mol. The van der Waals surface area contributed by atoms with Crippen LogP contribution in [-0.4, -0.2) is 18.4 Å². The van der Waals surface area contributed by atoms with Gasteiger partial charge in [0.15, 0.2) is 0 Å². The third-order valence-corrected chi connectivity index (χ3v) is 4.71. The van der Waals surface area contributed by atoms with E-state index in [-0.39, 0.29) is 16.4 Å². The summed E-state index contributed by atoms with van der Waals surface area (Å²) in [6, 6.07) is 4.74. The molecule has 0 saturated carbocycles. The molecule has 0 radical (unpaired) electrons. The minimum absolute atomic E-state index is 0.0510. The van der Waals surface area contributed by atoms with E-state index in [1.54, 1.807) is 19.1 Å². The zero-order chi connectivity index (χ0) is 14.8. The van der Waals surface area contributed by atoms with Crippen LogP contribution >= 0.6 is 15.9 Å². The fraction of sp³-hybridized carbons (Fsp3) is 0.0909. The van der Waals surface area contributed by atoms with Crippen LogP contribution in [0.15, 0.2) is 40.0 Å². The van der Waals surface area contributed by atoms with Crippen LogP contribution < -0.4 is 16.0 Å². The smallest absolute Gasteiger partial charge is 0.266 e. The van der Waals surface area contributed by atoms with Crippen molar-refractivity contribution in [2.45, 2.75) is 11.8 Å². The van der Waals surface area contributed by atoms with Crippen molar-refractivity contribution in [2.75, 3.05) is 10.1 Å². The Hall–Kier alpha value is -1.71. The van der Waals surface area contributed by atoms with Crippen LogP contribution in [0.5, 0.6) is 0 Å². The summed E-state index contributed by atoms with van der Waals surface area (Å²) in [4.78, 5) is 7.87. The molecule has 0 fully saturated rings. The van der Waals surface area contributed by atoms with Gasteiger partial charge in [-0.15, -0.1) is 0 Å². The fourth-order valence-corrected chi connectivity index (χ4v) is 2.84. The molecule has 106 valence electrons. The van der Waals surface area contributed by atoms with Gasteiger partial charge in [0.25, 0.3) is 10.0 Å². The first-order valence-electron chi connectivity index (χ1n) is 5.50. The lowest BCUT2D eigenvalue weighted by Gasteiger charge is -2.11. The average Bonchev–Trinajstić information content (AvgIpc) is 2.42. The van der Waals surface area contributed by atoms with E-state index in [9.17, 15) is 8.42 Å². The molecular weight excluding hydrogens is 346 g/mol. The second kappa shape index (κ2) is 5.73. The topological polar surface area (TPSA) is 110 Å². The Labute approximate surface area is 124 Å². The molecule has 0 aliphatic carbocycles. The maximum Gasteiger partial charge on any atom is 0.266 e. The summed E-state index contributed by atoms with van der Waals surface area (Å²) < 4.78 is 27.7. The Morgan fingerprint density at radius 3 is 2.70 bits per heavy atom. The van der Waals surface area contributed by atoms with Crippen LogP contribution in [0.3, 0.4) is 0 Å². The maximum absolute atomic E-state index is 12.3. The van der Waals surface area contributed by atoms with Gasteiger partial charge in [-0.25, -0.2) is 13.4 Å². The Morgan fingerprint density at radius 1 is 1.30 bits per heavy atom. The molecule has 9 heteroatoms. The second-order valence-corrected chi connectivity index (χ2v) is 6.39. The summed E-state index contributed by atoms with van der Waals surface area (Å²) in [6.07, 6.45) is 2.65. The first kappa shape index (κ1) is 14.7. The zero-order valence-electron chi connectivity index (χ0n) is 10.5. The number of hydrazine groups is 1. The molecule has 0 saturated heterocycles. The number of halogens is 1. The first-order chi connectivity index (χ1) is 9.44. The van der Waals surface area contributed by atoms with Crippen LogP contribution in [0.25, 0.3) is 0 Å². The fourth-order valence-electron chi connectivity index (χ4n) is 1.51. The number of anilines is 2. The van der Waals surface area contributed by atoms with Gasteiger partial charge in [0.05, 0.1) is 11.4 Å². The van der Waals surface area contributed by atoms with Gasteiger partial charge in [-0.1, -0.05) is 0 Å². The van der Waals surface area contributed by atoms with Gasteiger partial charge in [-0.2, -0.15) is 0 Å². The highest BCUT2D eigenvalue weighted by Crippen LogP contribution is 2.22. The molecule has 0 unspecified atom stereocenters. The van der Waals surface area contributed by atoms with E-state index in [2.05, 4.69) is 36.0 Å². The van der Waals surface area contributed by atoms with Gasteiger partial charge in [0, 0.05) is 16.9 Å². The molecule has 0 spiro atoms. The van der Waals surface area contributed by atoms with E-state index in [0.29, 0.717) is 5.69 Å². The molecule has 0 aliphatic rings. The number of nitrogens with one attached hydrogen (secondary N) is 2. The molecule has 2 heterocycles. The Bertz CT molecular complexity index is 735. The number of rotatable bonds is 4. The van der Waals surface area contributed by atoms with Gasteiger partial charge in [0.2, 0.25) is 0 Å². The van der Waals surface area contributed by atoms with Crippen molar-refractivity contribution in [3.8, 4) is 0 Å². The number of sulfonamides is 1. The molecular formula is C11H12BrN5O2S. The molecule has 2 rings (SSSR count). The van der Waals surface area contributed by atoms with Crippen molar-refractivity contribution < 1.29 is 8.42 Å². The average molecular weight is 358 g/mol. The molecule has 0 atom stereocenters. The number of hydrogen-bond acceptors (Lipinski definition) is 6. The lowest BCUT2D eigenvalue weighted by Crippen LogP contribution is -2.18. The first-order valence-corrected chi connectivity index (χ1v) is 7.78. The van der Waals surface area contributed by atoms with Crippen LogP contribution in [0.1, 0.15) is 5.69 Å². The minimum atomic E-state index is -3.82. The summed E-state index contributed by atoms with van der Waals surface area (Å²) >= 11 is 3.30. The summed E-state index contributed by atoms with van der Waals surface area (Å²) in [7, 11) is -3.82. The molecule has 4 N–H and O–H groups in total. The van der Waals surface area contributed by atoms with Gasteiger partial charge in [0.1, 0.15) is 10.7 Å². The van der Waals surface area contributed by atoms with Gasteiger partial charge >= 0.3 is 0 Å². The lowest BCUT2D eigenvalue weighted by molar-refractivity contribution is 0.601. The zero-order valence-corrected chi connectivity index (χ0v) is 12.9. The maximum atomic E-state index is 12.3. The van der Waals surface area contributed by atoms with E-state index in [4.69, 9.17) is 5.84 Å². The monoisotopic (exact) mass is 357 g/mol. The number of nitrogens with zero attached hydrogens (tertiary/aromatic N) is 2. The SMILES string of the molecule is Cc1nc(NS(=O)(=O)c2cnccc2NN)ccc1Br. The quantitative estimate of drug-likeness (QED) is 0.566. The van der Waals surface area contributed by atoms with Crippen molar-refractivity contribution >= 4 is 37.5 Å². The van der Waals surface area contributed by atoms with E-state index in [1.165, 1.54) is 18.5 Å². The highest BCUT2D eigenvalue weighted by molar-refractivity contribution is 9.10. The molecule has 0 aromatic carbocycles. The normalized spacial score (nSPS) is 11.2. The lowest BCUT2D eigenvalue weighted by atomic mass is 10.4. The van der Waals surface area contributed by atoms with E-state index < -0.39 is 10.0 Å². The molecule has 2 aromatic rings. The van der Waals surface area contributed by atoms with E-state index in [1.807, 2.05) is 0 Å². The van der Waals surface area contributed by atoms with Gasteiger partial charge in [-0.05, 0) is 41.1 Å². The number of pyridine rings is 2. The van der Waals surface area contributed by atoms with E-state index >= 15 is 0 Å². The van der Waals surface area contributed by atoms with Crippen molar-refractivity contribution in [1.29, 1.82) is 0 Å². The number of hydrogen-bond donors (Lipinski definition) is 3. The van der Waals surface area contributed by atoms with Crippen molar-refractivity contribution in [3.05, 3.63) is 40.8 Å². The molecule has 20 heavy (non-hydrogen) atoms. The second-order valence-electron chi connectivity index (χ2n) is 3.89. The Balaban J connectivity index is 2.38. The van der Waals surface area contributed by atoms with Crippen LogP contribution in [-0.2, 0) is 10.0 Å². The summed E-state index contributed by atoms with van der Waals surface area (Å²) in [5, 5.41) is 0. The number of nitrogen functional groups attached to an aromatic ring is 1. The molecule has 0 amide bonds. The molecule has 0 bridgehead atoms. The van der Waals surface area contributed by atoms with E-state index in [0.717, 1.165) is 4.47 Å². The Morgan fingerprint density at radius 2 is 2.05 bits per heavy atom. The third kappa shape index (κ3) is 3.06. The number of aromatic nitrogens is 2. The molecule has 0 aliphatic heterocycles. The third-order valence-electron chi connectivity index (χ3n) is 2.49. The number of aryl methyl sites for hydroxylation is 1. The predicted octanol–water partition coefficient (Wildman–Crippen LogP) is 1.63. The summed E-state index contributed by atoms with van der Waals surface area (Å²) in [5.74, 6) is 5.51. The van der Waals surface area contributed by atoms with Crippen molar-refractivity contribution in [1.82, 2.24) is 9.97 Å². The highest BCUT2D eigenvalue weighted by Gasteiger charge is 2.19. The Kier molecular flexibility index (Phi) is 4.21. The van der Waals surface area contributed by atoms with Crippen molar-refractivity contribution in [2.24, 2.45) is 5.84 Å².